The van der Waals surface area contributed by atoms with Crippen LogP contribution < -0.4 is 10.6 Å². The predicted octanol–water partition coefficient (Wildman–Crippen LogP) is 3.07. The molecule has 3 aliphatic rings. The van der Waals surface area contributed by atoms with E-state index >= 15 is 0 Å². The van der Waals surface area contributed by atoms with Crippen LogP contribution >= 0.6 is 12.4 Å². The topological polar surface area (TPSA) is 61.4 Å². The molecule has 1 aromatic carbocycles. The highest BCUT2D eigenvalue weighted by molar-refractivity contribution is 5.85. The van der Waals surface area contributed by atoms with E-state index in [9.17, 15) is 9.59 Å². The van der Waals surface area contributed by atoms with Gasteiger partial charge in [0.05, 0.1) is 0 Å². The maximum absolute atomic E-state index is 12.5. The Bertz CT molecular complexity index is 664. The second-order valence-electron chi connectivity index (χ2n) is 8.89. The standard InChI is InChI=1S/C23H33N3O2.ClH/c27-22(16-18-14-20-7-8-21(15-18)24-20)25-19-10-12-26(13-11-19)23(28)9-6-17-4-2-1-3-5-17;/h1-5,18-21,24H,6-16H2,(H,25,27);1H. The van der Waals surface area contributed by atoms with Crippen LogP contribution in [0.5, 0.6) is 0 Å². The highest BCUT2D eigenvalue weighted by atomic mass is 35.5. The Balaban J connectivity index is 0.00000240. The molecule has 2 unspecified atom stereocenters. The molecule has 0 aromatic heterocycles. The molecule has 0 saturated carbocycles. The Morgan fingerprint density at radius 2 is 1.66 bits per heavy atom. The lowest BCUT2D eigenvalue weighted by Crippen LogP contribution is -2.47. The SMILES string of the molecule is Cl.O=C(CC1CC2CCC(C1)N2)NC1CCN(C(=O)CCc2ccccc2)CC1. The summed E-state index contributed by atoms with van der Waals surface area (Å²) in [5.74, 6) is 0.984. The van der Waals surface area contributed by atoms with Gasteiger partial charge in [-0.2, -0.15) is 0 Å². The van der Waals surface area contributed by atoms with Crippen LogP contribution in [-0.2, 0) is 16.0 Å². The van der Waals surface area contributed by atoms with Crippen molar-refractivity contribution in [3.05, 3.63) is 35.9 Å². The molecule has 0 aliphatic carbocycles. The summed E-state index contributed by atoms with van der Waals surface area (Å²) in [5.41, 5.74) is 1.21. The molecule has 2 N–H and O–H groups in total. The molecule has 3 heterocycles. The number of aryl methyl sites for hydroxylation is 1. The van der Waals surface area contributed by atoms with Crippen LogP contribution in [-0.4, -0.2) is 47.9 Å². The monoisotopic (exact) mass is 419 g/mol. The van der Waals surface area contributed by atoms with E-state index in [1.54, 1.807) is 0 Å². The van der Waals surface area contributed by atoms with Gasteiger partial charge in [0.2, 0.25) is 11.8 Å². The molecule has 0 spiro atoms. The molecule has 0 radical (unpaired) electrons. The van der Waals surface area contributed by atoms with Gasteiger partial charge in [0.1, 0.15) is 0 Å². The summed E-state index contributed by atoms with van der Waals surface area (Å²) in [4.78, 5) is 26.9. The minimum Gasteiger partial charge on any atom is -0.353 e. The van der Waals surface area contributed by atoms with Crippen LogP contribution in [0.1, 0.15) is 56.9 Å². The molecular formula is C23H34ClN3O2. The summed E-state index contributed by atoms with van der Waals surface area (Å²) in [5, 5.41) is 6.88. The first kappa shape index (κ1) is 22.1. The second-order valence-corrected chi connectivity index (χ2v) is 8.89. The van der Waals surface area contributed by atoms with E-state index in [2.05, 4.69) is 22.8 Å². The Morgan fingerprint density at radius 1 is 1.00 bits per heavy atom. The van der Waals surface area contributed by atoms with Crippen molar-refractivity contribution in [3.63, 3.8) is 0 Å². The smallest absolute Gasteiger partial charge is 0.222 e. The minimum absolute atomic E-state index is 0. The van der Waals surface area contributed by atoms with Gasteiger partial charge >= 0.3 is 0 Å². The van der Waals surface area contributed by atoms with Crippen molar-refractivity contribution in [2.45, 2.75) is 75.9 Å². The zero-order chi connectivity index (χ0) is 19.3. The minimum atomic E-state index is 0. The average Bonchev–Trinajstić information content (AvgIpc) is 3.05. The lowest BCUT2D eigenvalue weighted by molar-refractivity contribution is -0.132. The van der Waals surface area contributed by atoms with E-state index in [4.69, 9.17) is 0 Å². The molecule has 2 bridgehead atoms. The van der Waals surface area contributed by atoms with Crippen molar-refractivity contribution in [2.24, 2.45) is 5.92 Å². The van der Waals surface area contributed by atoms with E-state index in [1.165, 1.54) is 18.4 Å². The van der Waals surface area contributed by atoms with Crippen molar-refractivity contribution in [3.8, 4) is 0 Å². The Labute approximate surface area is 180 Å². The number of hydrogen-bond donors (Lipinski definition) is 2. The first-order valence-electron chi connectivity index (χ1n) is 11.0. The molecule has 2 amide bonds. The number of rotatable bonds is 6. The van der Waals surface area contributed by atoms with Gasteiger partial charge in [0.25, 0.3) is 0 Å². The number of nitrogens with zero attached hydrogens (tertiary/aromatic N) is 1. The third-order valence-electron chi connectivity index (χ3n) is 6.73. The molecule has 2 atom stereocenters. The number of nitrogens with one attached hydrogen (secondary N) is 2. The molecule has 4 rings (SSSR count). The summed E-state index contributed by atoms with van der Waals surface area (Å²) in [6.07, 6.45) is 8.65. The van der Waals surface area contributed by atoms with Gasteiger partial charge in [-0.25, -0.2) is 0 Å². The van der Waals surface area contributed by atoms with Crippen molar-refractivity contribution >= 4 is 24.2 Å². The molecule has 3 saturated heterocycles. The normalized spacial score (nSPS) is 26.6. The van der Waals surface area contributed by atoms with Crippen LogP contribution in [0.2, 0.25) is 0 Å². The zero-order valence-corrected chi connectivity index (χ0v) is 18.0. The van der Waals surface area contributed by atoms with Gasteiger partial charge in [-0.05, 0) is 56.4 Å². The number of benzene rings is 1. The van der Waals surface area contributed by atoms with Gasteiger partial charge in [0, 0.05) is 44.1 Å². The van der Waals surface area contributed by atoms with Gasteiger partial charge in [-0.1, -0.05) is 30.3 Å². The highest BCUT2D eigenvalue weighted by Gasteiger charge is 2.34. The van der Waals surface area contributed by atoms with E-state index in [1.807, 2.05) is 23.1 Å². The van der Waals surface area contributed by atoms with Crippen molar-refractivity contribution in [1.82, 2.24) is 15.5 Å². The van der Waals surface area contributed by atoms with Crippen molar-refractivity contribution in [2.75, 3.05) is 13.1 Å². The van der Waals surface area contributed by atoms with E-state index in [0.717, 1.165) is 45.2 Å². The lowest BCUT2D eigenvalue weighted by atomic mass is 9.89. The largest absolute Gasteiger partial charge is 0.353 e. The van der Waals surface area contributed by atoms with Crippen LogP contribution in [0.25, 0.3) is 0 Å². The quantitative estimate of drug-likeness (QED) is 0.744. The second kappa shape index (κ2) is 10.4. The summed E-state index contributed by atoms with van der Waals surface area (Å²) in [7, 11) is 0. The number of likely N-dealkylation sites (tertiary alicyclic amines) is 1. The maximum Gasteiger partial charge on any atom is 0.222 e. The lowest BCUT2D eigenvalue weighted by Gasteiger charge is -2.33. The van der Waals surface area contributed by atoms with E-state index in [0.29, 0.717) is 30.8 Å². The first-order valence-corrected chi connectivity index (χ1v) is 11.0. The van der Waals surface area contributed by atoms with Crippen molar-refractivity contribution < 1.29 is 9.59 Å². The third-order valence-corrected chi connectivity index (χ3v) is 6.73. The van der Waals surface area contributed by atoms with Crippen LogP contribution in [0, 0.1) is 5.92 Å². The van der Waals surface area contributed by atoms with Crippen molar-refractivity contribution in [1.29, 1.82) is 0 Å². The maximum atomic E-state index is 12.5. The molecule has 160 valence electrons. The number of halogens is 1. The third kappa shape index (κ3) is 6.19. The number of fused-ring (bicyclic) bond motifs is 2. The molecule has 5 nitrogen and oxygen atoms in total. The van der Waals surface area contributed by atoms with Gasteiger partial charge in [0.15, 0.2) is 0 Å². The number of hydrogen-bond acceptors (Lipinski definition) is 3. The summed E-state index contributed by atoms with van der Waals surface area (Å²) in [6.45, 7) is 1.52. The summed E-state index contributed by atoms with van der Waals surface area (Å²) >= 11 is 0. The fourth-order valence-electron chi connectivity index (χ4n) is 5.22. The van der Waals surface area contributed by atoms with Crippen LogP contribution in [0.4, 0.5) is 0 Å². The van der Waals surface area contributed by atoms with Crippen LogP contribution in [0.3, 0.4) is 0 Å². The van der Waals surface area contributed by atoms with Gasteiger partial charge < -0.3 is 15.5 Å². The number of carbonyl (C=O) groups excluding carboxylic acids is 2. The first-order chi connectivity index (χ1) is 13.7. The number of piperidine rings is 2. The molecule has 1 aromatic rings. The Hall–Kier alpha value is -1.59. The molecule has 3 aliphatic heterocycles. The number of carbonyl (C=O) groups is 2. The average molecular weight is 420 g/mol. The highest BCUT2D eigenvalue weighted by Crippen LogP contribution is 2.32. The molecule has 3 fully saturated rings. The zero-order valence-electron chi connectivity index (χ0n) is 17.1. The van der Waals surface area contributed by atoms with Gasteiger partial charge in [-0.15, -0.1) is 12.4 Å². The number of amides is 2. The predicted molar refractivity (Wildman–Crippen MR) is 117 cm³/mol. The molecule has 6 heteroatoms. The van der Waals surface area contributed by atoms with E-state index < -0.39 is 0 Å². The molecule has 29 heavy (non-hydrogen) atoms. The fraction of sp³-hybridized carbons (Fsp3) is 0.652. The summed E-state index contributed by atoms with van der Waals surface area (Å²) < 4.78 is 0. The molecular weight excluding hydrogens is 386 g/mol. The van der Waals surface area contributed by atoms with Crippen LogP contribution in [0.15, 0.2) is 30.3 Å². The Morgan fingerprint density at radius 3 is 2.31 bits per heavy atom. The fourth-order valence-corrected chi connectivity index (χ4v) is 5.22. The van der Waals surface area contributed by atoms with Gasteiger partial charge in [-0.3, -0.25) is 9.59 Å². The summed E-state index contributed by atoms with van der Waals surface area (Å²) in [6, 6.07) is 11.7. The van der Waals surface area contributed by atoms with E-state index in [-0.39, 0.29) is 30.3 Å². The Kier molecular flexibility index (Phi) is 7.96.